The second kappa shape index (κ2) is 6.67. The van der Waals surface area contributed by atoms with Gasteiger partial charge in [0.25, 0.3) is 0 Å². The number of piperidine rings is 1. The highest BCUT2D eigenvalue weighted by Gasteiger charge is 2.20. The number of aromatic nitrogens is 1. The molecule has 1 aromatic heterocycles. The van der Waals surface area contributed by atoms with E-state index in [1.165, 1.54) is 5.69 Å². The molecule has 0 bridgehead atoms. The van der Waals surface area contributed by atoms with Crippen molar-refractivity contribution in [2.24, 2.45) is 0 Å². The van der Waals surface area contributed by atoms with Crippen LogP contribution in [0.4, 0.5) is 11.4 Å². The average Bonchev–Trinajstić information content (AvgIpc) is 2.53. The molecule has 1 aliphatic heterocycles. The fourth-order valence-electron chi connectivity index (χ4n) is 2.66. The molecule has 0 spiro atoms. The van der Waals surface area contributed by atoms with E-state index in [-0.39, 0.29) is 0 Å². The molecule has 1 fully saturated rings. The van der Waals surface area contributed by atoms with Crippen LogP contribution in [0, 0.1) is 0 Å². The van der Waals surface area contributed by atoms with Crippen LogP contribution in [0.2, 0.25) is 5.15 Å². The number of anilines is 2. The minimum atomic E-state index is 0.443. The first kappa shape index (κ1) is 14.7. The summed E-state index contributed by atoms with van der Waals surface area (Å²) in [5, 5.41) is 4.04. The Morgan fingerprint density at radius 2 is 1.90 bits per heavy atom. The van der Waals surface area contributed by atoms with Gasteiger partial charge in [0.15, 0.2) is 5.15 Å². The topological polar surface area (TPSA) is 28.2 Å². The van der Waals surface area contributed by atoms with E-state index in [1.54, 1.807) is 6.20 Å². The Morgan fingerprint density at radius 3 is 2.62 bits per heavy atom. The summed E-state index contributed by atoms with van der Waals surface area (Å²) < 4.78 is 0.941. The lowest BCUT2D eigenvalue weighted by Crippen LogP contribution is -2.39. The van der Waals surface area contributed by atoms with Crippen molar-refractivity contribution in [3.8, 4) is 0 Å². The first-order chi connectivity index (χ1) is 10.2. The van der Waals surface area contributed by atoms with Crippen molar-refractivity contribution >= 4 is 38.9 Å². The Hall–Kier alpha value is -1.26. The predicted molar refractivity (Wildman–Crippen MR) is 92.2 cm³/mol. The summed E-state index contributed by atoms with van der Waals surface area (Å²) in [6, 6.07) is 13.0. The summed E-state index contributed by atoms with van der Waals surface area (Å²) in [7, 11) is 0. The molecule has 0 radical (unpaired) electrons. The van der Waals surface area contributed by atoms with E-state index in [4.69, 9.17) is 11.6 Å². The van der Waals surface area contributed by atoms with Crippen molar-refractivity contribution in [2.45, 2.75) is 18.9 Å². The monoisotopic (exact) mass is 365 g/mol. The molecule has 0 saturated carbocycles. The third-order valence-corrected chi connectivity index (χ3v) is 4.52. The number of nitrogens with one attached hydrogen (secondary N) is 1. The van der Waals surface area contributed by atoms with Gasteiger partial charge >= 0.3 is 0 Å². The summed E-state index contributed by atoms with van der Waals surface area (Å²) in [6.45, 7) is 2.11. The fourth-order valence-corrected chi connectivity index (χ4v) is 3.15. The van der Waals surface area contributed by atoms with Crippen LogP contribution in [0.1, 0.15) is 12.8 Å². The SMILES string of the molecule is Clc1ncc(Br)cc1NC1CCN(c2ccccc2)CC1. The van der Waals surface area contributed by atoms with Crippen LogP contribution in [-0.2, 0) is 0 Å². The number of rotatable bonds is 3. The van der Waals surface area contributed by atoms with E-state index >= 15 is 0 Å². The molecule has 1 N–H and O–H groups in total. The van der Waals surface area contributed by atoms with E-state index < -0.39 is 0 Å². The number of hydrogen-bond acceptors (Lipinski definition) is 3. The van der Waals surface area contributed by atoms with Gasteiger partial charge < -0.3 is 10.2 Å². The van der Waals surface area contributed by atoms with Crippen molar-refractivity contribution < 1.29 is 0 Å². The maximum absolute atomic E-state index is 6.14. The molecule has 0 atom stereocenters. The van der Waals surface area contributed by atoms with Crippen LogP contribution < -0.4 is 10.2 Å². The largest absolute Gasteiger partial charge is 0.380 e. The van der Waals surface area contributed by atoms with Crippen LogP contribution in [0.3, 0.4) is 0 Å². The summed E-state index contributed by atoms with van der Waals surface area (Å²) in [5.41, 5.74) is 2.21. The van der Waals surface area contributed by atoms with Gasteiger partial charge in [-0.2, -0.15) is 0 Å². The van der Waals surface area contributed by atoms with Crippen LogP contribution in [0.5, 0.6) is 0 Å². The zero-order valence-electron chi connectivity index (χ0n) is 11.6. The summed E-state index contributed by atoms with van der Waals surface area (Å²) in [6.07, 6.45) is 3.90. The zero-order valence-corrected chi connectivity index (χ0v) is 13.9. The molecule has 5 heteroatoms. The maximum Gasteiger partial charge on any atom is 0.152 e. The molecule has 2 aromatic rings. The number of halogens is 2. The van der Waals surface area contributed by atoms with Crippen molar-refractivity contribution in [3.63, 3.8) is 0 Å². The molecule has 3 nitrogen and oxygen atoms in total. The molecule has 1 aliphatic rings. The van der Waals surface area contributed by atoms with Gasteiger partial charge in [0.05, 0.1) is 5.69 Å². The smallest absolute Gasteiger partial charge is 0.152 e. The van der Waals surface area contributed by atoms with Crippen LogP contribution in [0.15, 0.2) is 47.1 Å². The Kier molecular flexibility index (Phi) is 4.66. The second-order valence-corrected chi connectivity index (χ2v) is 6.51. The minimum absolute atomic E-state index is 0.443. The van der Waals surface area contributed by atoms with Gasteiger partial charge in [-0.15, -0.1) is 0 Å². The lowest BCUT2D eigenvalue weighted by Gasteiger charge is -2.34. The fraction of sp³-hybridized carbons (Fsp3) is 0.312. The van der Waals surface area contributed by atoms with Crippen LogP contribution in [0.25, 0.3) is 0 Å². The Labute approximate surface area is 138 Å². The summed E-state index contributed by atoms with van der Waals surface area (Å²) >= 11 is 9.57. The van der Waals surface area contributed by atoms with Crippen LogP contribution >= 0.6 is 27.5 Å². The molecule has 110 valence electrons. The van der Waals surface area contributed by atoms with Gasteiger partial charge in [-0.05, 0) is 47.0 Å². The van der Waals surface area contributed by atoms with Gasteiger partial charge in [-0.3, -0.25) is 0 Å². The lowest BCUT2D eigenvalue weighted by atomic mass is 10.0. The average molecular weight is 367 g/mol. The number of pyridine rings is 1. The molecule has 3 rings (SSSR count). The Balaban J connectivity index is 1.60. The number of nitrogens with zero attached hydrogens (tertiary/aromatic N) is 2. The molecule has 1 saturated heterocycles. The summed E-state index contributed by atoms with van der Waals surface area (Å²) in [5.74, 6) is 0. The predicted octanol–water partition coefficient (Wildman–Crippen LogP) is 4.58. The quantitative estimate of drug-likeness (QED) is 0.806. The zero-order chi connectivity index (χ0) is 14.7. The van der Waals surface area contributed by atoms with E-state index in [9.17, 15) is 0 Å². The third-order valence-electron chi connectivity index (χ3n) is 3.78. The molecule has 1 aromatic carbocycles. The highest BCUT2D eigenvalue weighted by Crippen LogP contribution is 2.26. The van der Waals surface area contributed by atoms with Gasteiger partial charge in [-0.1, -0.05) is 29.8 Å². The van der Waals surface area contributed by atoms with Crippen molar-refractivity contribution in [3.05, 3.63) is 52.2 Å². The maximum atomic E-state index is 6.14. The normalized spacial score (nSPS) is 16.0. The van der Waals surface area contributed by atoms with Gasteiger partial charge in [0, 0.05) is 35.5 Å². The molecule has 2 heterocycles. The first-order valence-corrected chi connectivity index (χ1v) is 8.27. The number of hydrogen-bond donors (Lipinski definition) is 1. The van der Waals surface area contributed by atoms with Gasteiger partial charge in [0.1, 0.15) is 0 Å². The number of benzene rings is 1. The van der Waals surface area contributed by atoms with E-state index in [2.05, 4.69) is 61.5 Å². The van der Waals surface area contributed by atoms with Crippen LogP contribution in [-0.4, -0.2) is 24.1 Å². The Morgan fingerprint density at radius 1 is 1.19 bits per heavy atom. The minimum Gasteiger partial charge on any atom is -0.380 e. The molecular weight excluding hydrogens is 350 g/mol. The van der Waals surface area contributed by atoms with E-state index in [1.807, 2.05) is 6.07 Å². The standard InChI is InChI=1S/C16H17BrClN3/c17-12-10-15(16(18)19-11-12)20-13-6-8-21(9-7-13)14-4-2-1-3-5-14/h1-5,10-11,13,20H,6-9H2. The van der Waals surface area contributed by atoms with Crippen molar-refractivity contribution in [2.75, 3.05) is 23.3 Å². The summed E-state index contributed by atoms with van der Waals surface area (Å²) in [4.78, 5) is 6.58. The molecule has 21 heavy (non-hydrogen) atoms. The Bertz CT molecular complexity index is 598. The van der Waals surface area contributed by atoms with Crippen molar-refractivity contribution in [1.82, 2.24) is 4.98 Å². The molecule has 0 unspecified atom stereocenters. The second-order valence-electron chi connectivity index (χ2n) is 5.23. The van der Waals surface area contributed by atoms with E-state index in [0.717, 1.165) is 36.1 Å². The molecular formula is C16H17BrClN3. The van der Waals surface area contributed by atoms with Gasteiger partial charge in [0.2, 0.25) is 0 Å². The number of para-hydroxylation sites is 1. The van der Waals surface area contributed by atoms with Gasteiger partial charge in [-0.25, -0.2) is 4.98 Å². The molecule has 0 amide bonds. The first-order valence-electron chi connectivity index (χ1n) is 7.10. The third kappa shape index (κ3) is 3.69. The van der Waals surface area contributed by atoms with E-state index in [0.29, 0.717) is 11.2 Å². The highest BCUT2D eigenvalue weighted by atomic mass is 79.9. The lowest BCUT2D eigenvalue weighted by molar-refractivity contribution is 0.526. The van der Waals surface area contributed by atoms with Crippen molar-refractivity contribution in [1.29, 1.82) is 0 Å². The molecule has 0 aliphatic carbocycles. The highest BCUT2D eigenvalue weighted by molar-refractivity contribution is 9.10.